The number of aromatic nitrogens is 1. The number of nitriles is 1. The number of nitrogens with one attached hydrogen (secondary N) is 1. The lowest BCUT2D eigenvalue weighted by Crippen LogP contribution is -2.14. The molecular formula is C29H20FN3O. The Kier molecular flexibility index (Phi) is 5.63. The number of rotatable bonds is 5. The Bertz CT molecular complexity index is 1600. The van der Waals surface area contributed by atoms with Crippen molar-refractivity contribution in [3.63, 3.8) is 0 Å². The maximum atomic E-state index is 14.0. The molecule has 1 aromatic heterocycles. The smallest absolute Gasteiger partial charge is 0.266 e. The highest BCUT2D eigenvalue weighted by Crippen LogP contribution is 2.27. The molecule has 1 N–H and O–H groups in total. The van der Waals surface area contributed by atoms with E-state index in [9.17, 15) is 14.4 Å². The Morgan fingerprint density at radius 1 is 0.912 bits per heavy atom. The van der Waals surface area contributed by atoms with E-state index in [4.69, 9.17) is 0 Å². The molecule has 0 aliphatic rings. The molecule has 0 fully saturated rings. The molecule has 5 rings (SSSR count). The van der Waals surface area contributed by atoms with E-state index in [1.165, 1.54) is 34.5 Å². The lowest BCUT2D eigenvalue weighted by atomic mass is 10.0. The minimum Gasteiger partial charge on any atom is -0.342 e. The molecule has 34 heavy (non-hydrogen) atoms. The predicted octanol–water partition coefficient (Wildman–Crippen LogP) is 6.53. The fourth-order valence-electron chi connectivity index (χ4n) is 4.19. The number of nitrogens with zero attached hydrogens (tertiary/aromatic N) is 2. The van der Waals surface area contributed by atoms with Gasteiger partial charge in [-0.3, -0.25) is 4.79 Å². The third-order valence-corrected chi connectivity index (χ3v) is 5.83. The zero-order valence-electron chi connectivity index (χ0n) is 18.2. The van der Waals surface area contributed by atoms with Crippen LogP contribution in [-0.4, -0.2) is 10.5 Å². The molecule has 5 heteroatoms. The normalized spacial score (nSPS) is 11.5. The van der Waals surface area contributed by atoms with E-state index in [1.807, 2.05) is 54.7 Å². The summed E-state index contributed by atoms with van der Waals surface area (Å²) in [7, 11) is 0. The zero-order valence-corrected chi connectivity index (χ0v) is 18.2. The van der Waals surface area contributed by atoms with Crippen LogP contribution in [0.5, 0.6) is 0 Å². The van der Waals surface area contributed by atoms with Crippen LogP contribution >= 0.6 is 0 Å². The summed E-state index contributed by atoms with van der Waals surface area (Å²) in [4.78, 5) is 12.7. The summed E-state index contributed by atoms with van der Waals surface area (Å²) < 4.78 is 16.1. The Morgan fingerprint density at radius 3 is 2.44 bits per heavy atom. The Hall–Kier alpha value is -4.69. The van der Waals surface area contributed by atoms with Crippen molar-refractivity contribution in [2.45, 2.75) is 6.54 Å². The van der Waals surface area contributed by atoms with Crippen LogP contribution in [0.4, 0.5) is 10.1 Å². The van der Waals surface area contributed by atoms with Crippen molar-refractivity contribution in [2.24, 2.45) is 0 Å². The maximum Gasteiger partial charge on any atom is 0.266 e. The second-order valence-electron chi connectivity index (χ2n) is 7.97. The van der Waals surface area contributed by atoms with Crippen molar-refractivity contribution in [2.75, 3.05) is 5.32 Å². The molecule has 0 unspecified atom stereocenters. The molecule has 0 radical (unpaired) electrons. The van der Waals surface area contributed by atoms with Gasteiger partial charge in [-0.25, -0.2) is 4.39 Å². The maximum absolute atomic E-state index is 14.0. The van der Waals surface area contributed by atoms with Crippen molar-refractivity contribution in [3.05, 3.63) is 120 Å². The second-order valence-corrected chi connectivity index (χ2v) is 7.97. The first-order valence-corrected chi connectivity index (χ1v) is 10.9. The number of carbonyl (C=O) groups excluding carboxylic acids is 1. The average molecular weight is 445 g/mol. The summed E-state index contributed by atoms with van der Waals surface area (Å²) in [5.41, 5.74) is 2.85. The van der Waals surface area contributed by atoms with Gasteiger partial charge in [0.1, 0.15) is 17.5 Å². The Balaban J connectivity index is 1.53. The van der Waals surface area contributed by atoms with Gasteiger partial charge in [0.05, 0.1) is 5.69 Å². The summed E-state index contributed by atoms with van der Waals surface area (Å²) in [6, 6.07) is 30.2. The lowest BCUT2D eigenvalue weighted by molar-refractivity contribution is -0.112. The number of benzene rings is 4. The summed E-state index contributed by atoms with van der Waals surface area (Å²) in [6.45, 7) is 0.638. The highest BCUT2D eigenvalue weighted by molar-refractivity contribution is 6.10. The second kappa shape index (κ2) is 9.05. The summed E-state index contributed by atoms with van der Waals surface area (Å²) in [5.74, 6) is -1.21. The number of fused-ring (bicyclic) bond motifs is 2. The van der Waals surface area contributed by atoms with Crippen LogP contribution in [0, 0.1) is 17.1 Å². The molecule has 4 nitrogen and oxygen atoms in total. The van der Waals surface area contributed by atoms with Gasteiger partial charge in [-0.05, 0) is 40.6 Å². The molecule has 0 atom stereocenters. The lowest BCUT2D eigenvalue weighted by Gasteiger charge is -2.09. The molecule has 0 bridgehead atoms. The van der Waals surface area contributed by atoms with Crippen LogP contribution in [0.2, 0.25) is 0 Å². The van der Waals surface area contributed by atoms with Crippen molar-refractivity contribution in [1.29, 1.82) is 5.26 Å². The molecule has 0 saturated heterocycles. The highest BCUT2D eigenvalue weighted by atomic mass is 19.1. The van der Waals surface area contributed by atoms with Crippen molar-refractivity contribution >= 4 is 39.3 Å². The number of para-hydroxylation sites is 2. The van der Waals surface area contributed by atoms with Crippen LogP contribution in [-0.2, 0) is 11.3 Å². The predicted molar refractivity (Wildman–Crippen MR) is 134 cm³/mol. The first kappa shape index (κ1) is 21.2. The highest BCUT2D eigenvalue weighted by Gasteiger charge is 2.14. The van der Waals surface area contributed by atoms with Crippen molar-refractivity contribution < 1.29 is 9.18 Å². The van der Waals surface area contributed by atoms with Gasteiger partial charge in [-0.2, -0.15) is 5.26 Å². The van der Waals surface area contributed by atoms with Crippen molar-refractivity contribution in [1.82, 2.24) is 4.57 Å². The molecule has 164 valence electrons. The minimum atomic E-state index is -0.654. The van der Waals surface area contributed by atoms with E-state index in [0.29, 0.717) is 6.54 Å². The number of carbonyl (C=O) groups is 1. The molecular weight excluding hydrogens is 425 g/mol. The molecule has 1 heterocycles. The fourth-order valence-corrected chi connectivity index (χ4v) is 4.19. The Morgan fingerprint density at radius 2 is 1.62 bits per heavy atom. The number of amides is 1. The fraction of sp³-hybridized carbons (Fsp3) is 0.0345. The van der Waals surface area contributed by atoms with Gasteiger partial charge in [-0.1, -0.05) is 72.8 Å². The van der Waals surface area contributed by atoms with Crippen LogP contribution in [0.25, 0.3) is 27.8 Å². The van der Waals surface area contributed by atoms with E-state index in [0.717, 1.165) is 16.5 Å². The van der Waals surface area contributed by atoms with Crippen LogP contribution in [0.15, 0.2) is 103 Å². The third-order valence-electron chi connectivity index (χ3n) is 5.83. The molecule has 1 amide bonds. The summed E-state index contributed by atoms with van der Waals surface area (Å²) in [5, 5.41) is 15.4. The number of hydrogen-bond acceptors (Lipinski definition) is 2. The van der Waals surface area contributed by atoms with E-state index in [1.54, 1.807) is 12.1 Å². The monoisotopic (exact) mass is 445 g/mol. The number of anilines is 1. The third kappa shape index (κ3) is 4.05. The first-order chi connectivity index (χ1) is 16.6. The van der Waals surface area contributed by atoms with E-state index >= 15 is 0 Å². The first-order valence-electron chi connectivity index (χ1n) is 10.9. The molecule has 0 saturated carbocycles. The van der Waals surface area contributed by atoms with E-state index in [2.05, 4.69) is 34.1 Å². The molecule has 4 aromatic carbocycles. The van der Waals surface area contributed by atoms with Crippen LogP contribution in [0.1, 0.15) is 11.1 Å². The average Bonchev–Trinajstić information content (AvgIpc) is 3.21. The summed E-state index contributed by atoms with van der Waals surface area (Å²) in [6.07, 6.45) is 3.50. The summed E-state index contributed by atoms with van der Waals surface area (Å²) >= 11 is 0. The Labute approximate surface area is 196 Å². The number of hydrogen-bond donors (Lipinski definition) is 1. The minimum absolute atomic E-state index is 0.0343. The quantitative estimate of drug-likeness (QED) is 0.247. The van der Waals surface area contributed by atoms with Gasteiger partial charge >= 0.3 is 0 Å². The van der Waals surface area contributed by atoms with Crippen molar-refractivity contribution in [3.8, 4) is 6.07 Å². The van der Waals surface area contributed by atoms with Gasteiger partial charge in [0.15, 0.2) is 0 Å². The van der Waals surface area contributed by atoms with Crippen LogP contribution < -0.4 is 5.32 Å². The van der Waals surface area contributed by atoms with Gasteiger partial charge in [-0.15, -0.1) is 0 Å². The molecule has 0 aliphatic heterocycles. The van der Waals surface area contributed by atoms with Gasteiger partial charge < -0.3 is 9.88 Å². The van der Waals surface area contributed by atoms with Gasteiger partial charge in [0, 0.05) is 29.2 Å². The van der Waals surface area contributed by atoms with Gasteiger partial charge in [0.25, 0.3) is 5.91 Å². The largest absolute Gasteiger partial charge is 0.342 e. The zero-order chi connectivity index (χ0) is 23.5. The molecule has 0 spiro atoms. The standard InChI is InChI=1S/C29H20FN3O/c30-26-13-4-5-14-27(26)32-29(34)22(17-31)16-23-19-33(28-15-6-3-12-25(23)28)18-21-10-7-9-20-8-1-2-11-24(20)21/h1-16,19H,18H2,(H,32,34)/b22-16-. The van der Waals surface area contributed by atoms with E-state index < -0.39 is 11.7 Å². The van der Waals surface area contributed by atoms with Gasteiger partial charge in [0.2, 0.25) is 0 Å². The van der Waals surface area contributed by atoms with E-state index in [-0.39, 0.29) is 11.3 Å². The molecule has 0 aliphatic carbocycles. The van der Waals surface area contributed by atoms with Crippen LogP contribution in [0.3, 0.4) is 0 Å². The number of halogens is 1. The SMILES string of the molecule is N#C/C(=C/c1cn(Cc2cccc3ccccc23)c2ccccc12)C(=O)Nc1ccccc1F. The topological polar surface area (TPSA) is 57.8 Å². The molecule has 5 aromatic rings.